The Morgan fingerprint density at radius 2 is 2.19 bits per heavy atom. The molecule has 0 saturated heterocycles. The van der Waals surface area contributed by atoms with Crippen LogP contribution in [0.2, 0.25) is 0 Å². The summed E-state index contributed by atoms with van der Waals surface area (Å²) in [5.41, 5.74) is 1.74. The van der Waals surface area contributed by atoms with Crippen molar-refractivity contribution in [2.45, 2.75) is 18.9 Å². The maximum absolute atomic E-state index is 9.13. The van der Waals surface area contributed by atoms with Crippen molar-refractivity contribution < 1.29 is 9.94 Å². The molecular weight excluding hydrogens is 204 g/mol. The largest absolute Gasteiger partial charge is 0.392 e. The van der Waals surface area contributed by atoms with Crippen LogP contribution in [0.5, 0.6) is 0 Å². The van der Waals surface area contributed by atoms with E-state index in [-0.39, 0.29) is 6.61 Å². The zero-order valence-corrected chi connectivity index (χ0v) is 8.97. The van der Waals surface area contributed by atoms with Gasteiger partial charge in [-0.3, -0.25) is 0 Å². The van der Waals surface area contributed by atoms with Gasteiger partial charge in [-0.05, 0) is 24.6 Å². The van der Waals surface area contributed by atoms with E-state index in [1.165, 1.54) is 0 Å². The lowest BCUT2D eigenvalue weighted by atomic mass is 9.96. The van der Waals surface area contributed by atoms with Crippen molar-refractivity contribution in [3.8, 4) is 6.07 Å². The lowest BCUT2D eigenvalue weighted by Crippen LogP contribution is -2.29. The van der Waals surface area contributed by atoms with Gasteiger partial charge in [-0.15, -0.1) is 0 Å². The third kappa shape index (κ3) is 1.90. The molecule has 1 N–H and O–H groups in total. The van der Waals surface area contributed by atoms with Gasteiger partial charge in [0, 0.05) is 6.42 Å². The fourth-order valence-electron chi connectivity index (χ4n) is 1.56. The molecule has 1 unspecified atom stereocenters. The van der Waals surface area contributed by atoms with E-state index < -0.39 is 5.60 Å². The first-order valence-electron chi connectivity index (χ1n) is 5.03. The molecule has 0 aliphatic carbocycles. The smallest absolute Gasteiger partial charge is 0.163 e. The molecule has 2 rings (SSSR count). The minimum absolute atomic E-state index is 0.0592. The number of oxime groups is 1. The highest BCUT2D eigenvalue weighted by Gasteiger charge is 2.33. The Hall–Kier alpha value is -1.86. The SMILES string of the molecule is CC1(CO)CC(c2ccc(C#N)cc2)=NO1. The molecule has 0 aromatic heterocycles. The Kier molecular flexibility index (Phi) is 2.63. The van der Waals surface area contributed by atoms with Gasteiger partial charge < -0.3 is 9.94 Å². The number of aliphatic hydroxyl groups excluding tert-OH is 1. The first kappa shape index (κ1) is 10.7. The van der Waals surface area contributed by atoms with Crippen LogP contribution in [0.3, 0.4) is 0 Å². The van der Waals surface area contributed by atoms with Crippen LogP contribution >= 0.6 is 0 Å². The number of hydrogen-bond acceptors (Lipinski definition) is 4. The predicted octanol–water partition coefficient (Wildman–Crippen LogP) is 1.43. The van der Waals surface area contributed by atoms with Gasteiger partial charge in [0.2, 0.25) is 0 Å². The highest BCUT2D eigenvalue weighted by molar-refractivity contribution is 6.01. The molecule has 0 saturated carbocycles. The third-order valence-corrected chi connectivity index (χ3v) is 2.60. The van der Waals surface area contributed by atoms with Gasteiger partial charge in [0.25, 0.3) is 0 Å². The Labute approximate surface area is 93.8 Å². The van der Waals surface area contributed by atoms with E-state index in [0.29, 0.717) is 12.0 Å². The number of benzene rings is 1. The number of nitrogens with zero attached hydrogens (tertiary/aromatic N) is 2. The Balaban J connectivity index is 2.18. The summed E-state index contributed by atoms with van der Waals surface area (Å²) in [6.07, 6.45) is 0.579. The van der Waals surface area contributed by atoms with E-state index in [0.717, 1.165) is 11.3 Å². The van der Waals surface area contributed by atoms with Crippen LogP contribution in [0.25, 0.3) is 0 Å². The summed E-state index contributed by atoms with van der Waals surface area (Å²) in [6.45, 7) is 1.75. The van der Waals surface area contributed by atoms with Gasteiger partial charge in [0.15, 0.2) is 5.60 Å². The second-order valence-corrected chi connectivity index (χ2v) is 4.10. The maximum Gasteiger partial charge on any atom is 0.163 e. The van der Waals surface area contributed by atoms with Crippen LogP contribution < -0.4 is 0 Å². The van der Waals surface area contributed by atoms with Crippen molar-refractivity contribution in [2.24, 2.45) is 5.16 Å². The summed E-state index contributed by atoms with van der Waals surface area (Å²) >= 11 is 0. The molecule has 16 heavy (non-hydrogen) atoms. The molecule has 0 amide bonds. The molecule has 82 valence electrons. The van der Waals surface area contributed by atoms with Gasteiger partial charge in [0.1, 0.15) is 0 Å². The minimum atomic E-state index is -0.608. The van der Waals surface area contributed by atoms with Crippen LogP contribution in [-0.4, -0.2) is 23.0 Å². The summed E-state index contributed by atoms with van der Waals surface area (Å²) in [5.74, 6) is 0. The fraction of sp³-hybridized carbons (Fsp3) is 0.333. The highest BCUT2D eigenvalue weighted by Crippen LogP contribution is 2.25. The summed E-state index contributed by atoms with van der Waals surface area (Å²) in [4.78, 5) is 5.19. The van der Waals surface area contributed by atoms with Gasteiger partial charge in [-0.2, -0.15) is 5.26 Å². The molecule has 1 aliphatic rings. The molecule has 1 aromatic carbocycles. The Bertz CT molecular complexity index is 459. The molecule has 1 heterocycles. The molecular formula is C12H12N2O2. The predicted molar refractivity (Wildman–Crippen MR) is 58.9 cm³/mol. The van der Waals surface area contributed by atoms with Crippen molar-refractivity contribution in [2.75, 3.05) is 6.61 Å². The van der Waals surface area contributed by atoms with E-state index >= 15 is 0 Å². The van der Waals surface area contributed by atoms with E-state index in [1.54, 1.807) is 12.1 Å². The van der Waals surface area contributed by atoms with Crippen molar-refractivity contribution in [1.82, 2.24) is 0 Å². The molecule has 1 atom stereocenters. The zero-order chi connectivity index (χ0) is 11.6. The molecule has 1 aromatic rings. The average molecular weight is 216 g/mol. The summed E-state index contributed by atoms with van der Waals surface area (Å²) in [6, 6.07) is 9.22. The van der Waals surface area contributed by atoms with Crippen molar-refractivity contribution in [1.29, 1.82) is 5.26 Å². The minimum Gasteiger partial charge on any atom is -0.392 e. The quantitative estimate of drug-likeness (QED) is 0.813. The molecule has 1 aliphatic heterocycles. The Morgan fingerprint density at radius 1 is 1.50 bits per heavy atom. The Morgan fingerprint density at radius 3 is 2.69 bits per heavy atom. The van der Waals surface area contributed by atoms with Crippen LogP contribution in [0.1, 0.15) is 24.5 Å². The molecule has 0 fully saturated rings. The van der Waals surface area contributed by atoms with Crippen LogP contribution in [0.15, 0.2) is 29.4 Å². The number of aliphatic hydroxyl groups is 1. The normalized spacial score (nSPS) is 23.4. The maximum atomic E-state index is 9.13. The van der Waals surface area contributed by atoms with E-state index in [1.807, 2.05) is 19.1 Å². The average Bonchev–Trinajstić information content (AvgIpc) is 2.73. The van der Waals surface area contributed by atoms with E-state index in [9.17, 15) is 0 Å². The molecule has 0 bridgehead atoms. The fourth-order valence-corrected chi connectivity index (χ4v) is 1.56. The summed E-state index contributed by atoms with van der Waals surface area (Å²) in [7, 11) is 0. The van der Waals surface area contributed by atoms with Crippen LogP contribution in [0.4, 0.5) is 0 Å². The van der Waals surface area contributed by atoms with Crippen molar-refractivity contribution in [3.63, 3.8) is 0 Å². The summed E-state index contributed by atoms with van der Waals surface area (Å²) < 4.78 is 0. The van der Waals surface area contributed by atoms with E-state index in [2.05, 4.69) is 11.2 Å². The van der Waals surface area contributed by atoms with Gasteiger partial charge >= 0.3 is 0 Å². The number of hydrogen-bond donors (Lipinski definition) is 1. The molecule has 0 radical (unpaired) electrons. The lowest BCUT2D eigenvalue weighted by Gasteiger charge is -2.17. The third-order valence-electron chi connectivity index (χ3n) is 2.60. The van der Waals surface area contributed by atoms with Gasteiger partial charge in [-0.1, -0.05) is 17.3 Å². The summed E-state index contributed by atoms with van der Waals surface area (Å²) in [5, 5.41) is 21.8. The lowest BCUT2D eigenvalue weighted by molar-refractivity contribution is -0.0428. The number of rotatable bonds is 2. The molecule has 4 nitrogen and oxygen atoms in total. The van der Waals surface area contributed by atoms with E-state index in [4.69, 9.17) is 15.2 Å². The zero-order valence-electron chi connectivity index (χ0n) is 8.97. The molecule has 4 heteroatoms. The standard InChI is InChI=1S/C12H12N2O2/c1-12(8-15)6-11(14-16-12)10-4-2-9(7-13)3-5-10/h2-5,15H,6,8H2,1H3. The topological polar surface area (TPSA) is 65.6 Å². The van der Waals surface area contributed by atoms with Crippen molar-refractivity contribution >= 4 is 5.71 Å². The van der Waals surface area contributed by atoms with Crippen molar-refractivity contribution in [3.05, 3.63) is 35.4 Å². The second kappa shape index (κ2) is 3.95. The van der Waals surface area contributed by atoms with Crippen LogP contribution in [-0.2, 0) is 4.84 Å². The first-order valence-corrected chi connectivity index (χ1v) is 5.03. The second-order valence-electron chi connectivity index (χ2n) is 4.10. The van der Waals surface area contributed by atoms with Gasteiger partial charge in [0.05, 0.1) is 24.0 Å². The molecule has 0 spiro atoms. The number of nitriles is 1. The highest BCUT2D eigenvalue weighted by atomic mass is 16.7. The van der Waals surface area contributed by atoms with Gasteiger partial charge in [-0.25, -0.2) is 0 Å². The first-order chi connectivity index (χ1) is 7.67. The monoisotopic (exact) mass is 216 g/mol. The van der Waals surface area contributed by atoms with Crippen LogP contribution in [0, 0.1) is 11.3 Å².